The average molecular weight is 375 g/mol. The molecule has 1 aliphatic heterocycles. The van der Waals surface area contributed by atoms with E-state index in [9.17, 15) is 8.42 Å². The number of nitrogens with one attached hydrogen (secondary N) is 1. The Labute approximate surface area is 150 Å². The van der Waals surface area contributed by atoms with Gasteiger partial charge in [0.1, 0.15) is 5.25 Å². The zero-order valence-electron chi connectivity index (χ0n) is 13.3. The number of benzene rings is 2. The van der Waals surface area contributed by atoms with Gasteiger partial charge in [-0.3, -0.25) is 9.71 Å². The van der Waals surface area contributed by atoms with E-state index in [0.717, 1.165) is 11.3 Å². The van der Waals surface area contributed by atoms with Crippen molar-refractivity contribution in [2.75, 3.05) is 23.2 Å². The van der Waals surface area contributed by atoms with Gasteiger partial charge in [-0.25, -0.2) is 13.4 Å². The number of hydrogen-bond donors (Lipinski definition) is 1. The summed E-state index contributed by atoms with van der Waals surface area (Å²) in [6, 6.07) is 12.6. The Morgan fingerprint density at radius 1 is 1.20 bits per heavy atom. The van der Waals surface area contributed by atoms with Crippen LogP contribution in [0.4, 0.5) is 11.5 Å². The average Bonchev–Trinajstić information content (AvgIpc) is 2.93. The third-order valence-electron chi connectivity index (χ3n) is 4.26. The fourth-order valence-corrected chi connectivity index (χ4v) is 4.72. The highest BCUT2D eigenvalue weighted by Crippen LogP contribution is 2.38. The summed E-state index contributed by atoms with van der Waals surface area (Å²) < 4.78 is 28.3. The second-order valence-corrected chi connectivity index (χ2v) is 8.26. The molecule has 4 rings (SSSR count). The number of aromatic nitrogens is 2. The number of sulfonamides is 1. The van der Waals surface area contributed by atoms with E-state index in [-0.39, 0.29) is 5.82 Å². The molecular weight excluding hydrogens is 360 g/mol. The number of hydrogen-bond acceptors (Lipinski definition) is 5. The predicted octanol–water partition coefficient (Wildman–Crippen LogP) is 3.22. The SMILES string of the molecule is CN1CC(S(=O)(=O)Nc2cnc3cc(Cl)ccc3n2)c2ccccc21. The van der Waals surface area contributed by atoms with Crippen molar-refractivity contribution in [1.82, 2.24) is 9.97 Å². The summed E-state index contributed by atoms with van der Waals surface area (Å²) in [5.74, 6) is 0.196. The van der Waals surface area contributed by atoms with Crippen LogP contribution in [-0.2, 0) is 10.0 Å². The van der Waals surface area contributed by atoms with Crippen molar-refractivity contribution in [1.29, 1.82) is 0 Å². The molecule has 8 heteroatoms. The second kappa shape index (κ2) is 5.86. The van der Waals surface area contributed by atoms with Crippen molar-refractivity contribution >= 4 is 44.2 Å². The summed E-state index contributed by atoms with van der Waals surface area (Å²) in [5.41, 5.74) is 2.91. The first-order chi connectivity index (χ1) is 11.9. The van der Waals surface area contributed by atoms with Gasteiger partial charge in [-0.05, 0) is 29.8 Å². The molecule has 1 aromatic heterocycles. The highest BCUT2D eigenvalue weighted by atomic mass is 35.5. The molecule has 0 radical (unpaired) electrons. The molecule has 128 valence electrons. The highest BCUT2D eigenvalue weighted by Gasteiger charge is 2.36. The summed E-state index contributed by atoms with van der Waals surface area (Å²) >= 11 is 5.93. The van der Waals surface area contributed by atoms with E-state index in [0.29, 0.717) is 22.6 Å². The highest BCUT2D eigenvalue weighted by molar-refractivity contribution is 7.93. The number of rotatable bonds is 3. The van der Waals surface area contributed by atoms with Crippen LogP contribution in [0.15, 0.2) is 48.7 Å². The number of anilines is 2. The molecule has 2 heterocycles. The van der Waals surface area contributed by atoms with E-state index in [2.05, 4.69) is 14.7 Å². The lowest BCUT2D eigenvalue weighted by molar-refractivity contribution is 0.589. The summed E-state index contributed by atoms with van der Waals surface area (Å²) in [5, 5.41) is -0.0999. The summed E-state index contributed by atoms with van der Waals surface area (Å²) in [6.45, 7) is 0.394. The molecule has 1 N–H and O–H groups in total. The minimum atomic E-state index is -3.66. The van der Waals surface area contributed by atoms with E-state index < -0.39 is 15.3 Å². The van der Waals surface area contributed by atoms with Crippen LogP contribution in [0.3, 0.4) is 0 Å². The van der Waals surface area contributed by atoms with Gasteiger partial charge < -0.3 is 4.90 Å². The van der Waals surface area contributed by atoms with Crippen molar-refractivity contribution < 1.29 is 8.42 Å². The van der Waals surface area contributed by atoms with E-state index in [1.54, 1.807) is 18.2 Å². The number of likely N-dealkylation sites (N-methyl/N-ethyl adjacent to an activating group) is 1. The molecule has 0 saturated heterocycles. The molecule has 1 atom stereocenters. The lowest BCUT2D eigenvalue weighted by atomic mass is 10.2. The Morgan fingerprint density at radius 2 is 2.00 bits per heavy atom. The molecule has 0 aliphatic carbocycles. The van der Waals surface area contributed by atoms with Crippen LogP contribution in [0.2, 0.25) is 5.02 Å². The number of para-hydroxylation sites is 1. The maximum absolute atomic E-state index is 12.9. The molecule has 0 fully saturated rings. The quantitative estimate of drug-likeness (QED) is 0.761. The van der Waals surface area contributed by atoms with Crippen molar-refractivity contribution in [3.8, 4) is 0 Å². The van der Waals surface area contributed by atoms with E-state index in [4.69, 9.17) is 11.6 Å². The van der Waals surface area contributed by atoms with E-state index in [1.807, 2.05) is 36.2 Å². The van der Waals surface area contributed by atoms with Crippen molar-refractivity contribution in [2.24, 2.45) is 0 Å². The smallest absolute Gasteiger partial charge is 0.242 e. The Morgan fingerprint density at radius 3 is 2.84 bits per heavy atom. The minimum Gasteiger partial charge on any atom is -0.373 e. The third-order valence-corrected chi connectivity index (χ3v) is 6.14. The van der Waals surface area contributed by atoms with Crippen LogP contribution < -0.4 is 9.62 Å². The van der Waals surface area contributed by atoms with Crippen LogP contribution in [0.1, 0.15) is 10.8 Å². The molecule has 25 heavy (non-hydrogen) atoms. The molecule has 3 aromatic rings. The maximum atomic E-state index is 12.9. The Bertz CT molecular complexity index is 1070. The molecule has 0 saturated carbocycles. The molecule has 0 amide bonds. The molecule has 0 bridgehead atoms. The summed E-state index contributed by atoms with van der Waals surface area (Å²) in [6.07, 6.45) is 1.40. The monoisotopic (exact) mass is 374 g/mol. The molecule has 1 aliphatic rings. The fraction of sp³-hybridized carbons (Fsp3) is 0.176. The molecule has 2 aromatic carbocycles. The van der Waals surface area contributed by atoms with Crippen LogP contribution in [0, 0.1) is 0 Å². The number of halogens is 1. The summed E-state index contributed by atoms with van der Waals surface area (Å²) in [4.78, 5) is 10.5. The molecule has 1 unspecified atom stereocenters. The van der Waals surface area contributed by atoms with Crippen LogP contribution in [0.5, 0.6) is 0 Å². The van der Waals surface area contributed by atoms with Gasteiger partial charge in [0.05, 0.1) is 17.2 Å². The Balaban J connectivity index is 1.67. The zero-order chi connectivity index (χ0) is 17.6. The molecular formula is C17H15ClN4O2S. The van der Waals surface area contributed by atoms with Gasteiger partial charge in [0.25, 0.3) is 0 Å². The van der Waals surface area contributed by atoms with E-state index in [1.165, 1.54) is 6.20 Å². The van der Waals surface area contributed by atoms with Gasteiger partial charge in [-0.2, -0.15) is 0 Å². The number of nitrogens with zero attached hydrogens (tertiary/aromatic N) is 3. The van der Waals surface area contributed by atoms with Crippen molar-refractivity contribution in [2.45, 2.75) is 5.25 Å². The topological polar surface area (TPSA) is 75.2 Å². The fourth-order valence-electron chi connectivity index (χ4n) is 3.07. The maximum Gasteiger partial charge on any atom is 0.242 e. The van der Waals surface area contributed by atoms with Gasteiger partial charge in [0.15, 0.2) is 5.82 Å². The van der Waals surface area contributed by atoms with Crippen LogP contribution in [0.25, 0.3) is 11.0 Å². The molecule has 0 spiro atoms. The summed E-state index contributed by atoms with van der Waals surface area (Å²) in [7, 11) is -1.77. The first-order valence-electron chi connectivity index (χ1n) is 7.68. The van der Waals surface area contributed by atoms with Gasteiger partial charge in [0.2, 0.25) is 10.0 Å². The Kier molecular flexibility index (Phi) is 3.77. The van der Waals surface area contributed by atoms with E-state index >= 15 is 0 Å². The lowest BCUT2D eigenvalue weighted by Gasteiger charge is -2.15. The largest absolute Gasteiger partial charge is 0.373 e. The standard InChI is InChI=1S/C17H15ClN4O2S/c1-22-10-16(12-4-2-3-5-15(12)22)25(23,24)21-17-9-19-14-8-11(18)6-7-13(14)20-17/h2-9,16H,10H2,1H3,(H,20,21). The van der Waals surface area contributed by atoms with Gasteiger partial charge in [-0.15, -0.1) is 0 Å². The second-order valence-electron chi connectivity index (χ2n) is 5.96. The lowest BCUT2D eigenvalue weighted by Crippen LogP contribution is -2.26. The van der Waals surface area contributed by atoms with Gasteiger partial charge in [0, 0.05) is 24.3 Å². The van der Waals surface area contributed by atoms with Crippen molar-refractivity contribution in [3.05, 3.63) is 59.2 Å². The van der Waals surface area contributed by atoms with Crippen molar-refractivity contribution in [3.63, 3.8) is 0 Å². The third kappa shape index (κ3) is 2.89. The predicted molar refractivity (Wildman–Crippen MR) is 99.5 cm³/mol. The van der Waals surface area contributed by atoms with Crippen LogP contribution in [-0.4, -0.2) is 32.0 Å². The zero-order valence-corrected chi connectivity index (χ0v) is 14.9. The minimum absolute atomic E-state index is 0.196. The van der Waals surface area contributed by atoms with Crippen LogP contribution >= 0.6 is 11.6 Å². The first kappa shape index (κ1) is 16.1. The van der Waals surface area contributed by atoms with Gasteiger partial charge >= 0.3 is 0 Å². The first-order valence-corrected chi connectivity index (χ1v) is 9.60. The number of fused-ring (bicyclic) bond motifs is 2. The Hall–Kier alpha value is -2.38. The molecule has 6 nitrogen and oxygen atoms in total. The van der Waals surface area contributed by atoms with Gasteiger partial charge in [-0.1, -0.05) is 29.8 Å². The normalized spacial score (nSPS) is 16.9.